The summed E-state index contributed by atoms with van der Waals surface area (Å²) >= 11 is 11.3. The molecule has 5 nitrogen and oxygen atoms in total. The summed E-state index contributed by atoms with van der Waals surface area (Å²) in [5.74, 6) is 0.807. The first-order valence-electron chi connectivity index (χ1n) is 4.56. The lowest BCUT2D eigenvalue weighted by Crippen LogP contribution is -2.27. The first-order valence-corrected chi connectivity index (χ1v) is 5.32. The Labute approximate surface area is 97.2 Å². The van der Waals surface area contributed by atoms with Gasteiger partial charge < -0.3 is 10.1 Å². The maximum atomic E-state index is 5.65. The molecular weight excluding hydrogens is 239 g/mol. The van der Waals surface area contributed by atoms with Gasteiger partial charge >= 0.3 is 0 Å². The molecule has 15 heavy (non-hydrogen) atoms. The number of hydrogen-bond acceptors (Lipinski definition) is 5. The predicted octanol–water partition coefficient (Wildman–Crippen LogP) is 1.63. The zero-order chi connectivity index (χ0) is 10.8. The van der Waals surface area contributed by atoms with E-state index < -0.39 is 0 Å². The summed E-state index contributed by atoms with van der Waals surface area (Å²) in [5, 5.41) is 3.29. The molecule has 1 aliphatic heterocycles. The number of aromatic nitrogens is 3. The summed E-state index contributed by atoms with van der Waals surface area (Å²) in [4.78, 5) is 11.5. The quantitative estimate of drug-likeness (QED) is 0.863. The van der Waals surface area contributed by atoms with Crippen LogP contribution in [0, 0.1) is 5.92 Å². The van der Waals surface area contributed by atoms with E-state index in [0.717, 1.165) is 6.61 Å². The van der Waals surface area contributed by atoms with Gasteiger partial charge in [-0.25, -0.2) is 0 Å². The first-order chi connectivity index (χ1) is 7.15. The Balaban J connectivity index is 2.10. The summed E-state index contributed by atoms with van der Waals surface area (Å²) < 4.78 is 5.30. The molecule has 1 aliphatic rings. The van der Waals surface area contributed by atoms with Gasteiger partial charge in [0.05, 0.1) is 19.3 Å². The van der Waals surface area contributed by atoms with Crippen molar-refractivity contribution in [2.75, 3.05) is 18.5 Å². The maximum absolute atomic E-state index is 5.65. The third-order valence-electron chi connectivity index (χ3n) is 2.26. The Bertz CT molecular complexity index is 342. The van der Waals surface area contributed by atoms with Crippen LogP contribution in [0.3, 0.4) is 0 Å². The number of rotatable bonds is 2. The highest BCUT2D eigenvalue weighted by atomic mass is 35.5. The van der Waals surface area contributed by atoms with Gasteiger partial charge in [-0.3, -0.25) is 0 Å². The van der Waals surface area contributed by atoms with Gasteiger partial charge in [-0.05, 0) is 23.2 Å². The van der Waals surface area contributed by atoms with Gasteiger partial charge in [0, 0.05) is 5.92 Å². The Morgan fingerprint density at radius 1 is 1.20 bits per heavy atom. The summed E-state index contributed by atoms with van der Waals surface area (Å²) in [6.45, 7) is 3.47. The molecule has 0 amide bonds. The van der Waals surface area contributed by atoms with E-state index in [1.165, 1.54) is 0 Å². The van der Waals surface area contributed by atoms with Crippen LogP contribution >= 0.6 is 23.2 Å². The molecule has 2 atom stereocenters. The van der Waals surface area contributed by atoms with Gasteiger partial charge in [0.25, 0.3) is 0 Å². The lowest BCUT2D eigenvalue weighted by Gasteiger charge is -2.14. The molecule has 0 aromatic carbocycles. The van der Waals surface area contributed by atoms with Crippen LogP contribution < -0.4 is 5.32 Å². The minimum atomic E-state index is 0.0871. The average Bonchev–Trinajstić information content (AvgIpc) is 2.50. The molecule has 1 N–H and O–H groups in total. The van der Waals surface area contributed by atoms with Gasteiger partial charge in [-0.15, -0.1) is 0 Å². The van der Waals surface area contributed by atoms with Crippen molar-refractivity contribution in [1.29, 1.82) is 0 Å². The van der Waals surface area contributed by atoms with Crippen molar-refractivity contribution in [2.24, 2.45) is 5.92 Å². The van der Waals surface area contributed by atoms with E-state index in [1.807, 2.05) is 0 Å². The number of anilines is 1. The van der Waals surface area contributed by atoms with Crippen molar-refractivity contribution in [3.05, 3.63) is 10.6 Å². The van der Waals surface area contributed by atoms with Crippen molar-refractivity contribution >= 4 is 29.2 Å². The summed E-state index contributed by atoms with van der Waals surface area (Å²) in [5.41, 5.74) is 0. The second kappa shape index (κ2) is 4.47. The highest BCUT2D eigenvalue weighted by Gasteiger charge is 2.24. The van der Waals surface area contributed by atoms with E-state index in [-0.39, 0.29) is 16.6 Å². The molecule has 1 saturated heterocycles. The van der Waals surface area contributed by atoms with Gasteiger partial charge in [0.15, 0.2) is 0 Å². The third-order valence-corrected chi connectivity index (χ3v) is 2.60. The maximum Gasteiger partial charge on any atom is 0.228 e. The van der Waals surface area contributed by atoms with Gasteiger partial charge in [-0.1, -0.05) is 6.92 Å². The van der Waals surface area contributed by atoms with Gasteiger partial charge in [0.1, 0.15) is 0 Å². The molecule has 82 valence electrons. The van der Waals surface area contributed by atoms with E-state index in [9.17, 15) is 0 Å². The molecule has 0 aliphatic carbocycles. The lowest BCUT2D eigenvalue weighted by molar-refractivity contribution is 0.187. The topological polar surface area (TPSA) is 59.9 Å². The molecular formula is C8H10Cl2N4O. The smallest absolute Gasteiger partial charge is 0.228 e. The number of nitrogens with one attached hydrogen (secondary N) is 1. The van der Waals surface area contributed by atoms with Crippen molar-refractivity contribution in [2.45, 2.75) is 13.0 Å². The van der Waals surface area contributed by atoms with Gasteiger partial charge in [-0.2, -0.15) is 15.0 Å². The van der Waals surface area contributed by atoms with E-state index in [2.05, 4.69) is 27.2 Å². The molecule has 0 bridgehead atoms. The standard InChI is InChI=1S/C8H10Cl2N4O/c1-4-2-15-3-5(4)11-8-13-6(9)12-7(10)14-8/h4-5H,2-3H2,1H3,(H,11,12,13,14). The second-order valence-electron chi connectivity index (χ2n) is 3.46. The molecule has 2 unspecified atom stereocenters. The highest BCUT2D eigenvalue weighted by Crippen LogP contribution is 2.17. The third kappa shape index (κ3) is 2.68. The van der Waals surface area contributed by atoms with Crippen LogP contribution in [0.4, 0.5) is 5.95 Å². The van der Waals surface area contributed by atoms with Crippen molar-refractivity contribution < 1.29 is 4.74 Å². The van der Waals surface area contributed by atoms with Crippen molar-refractivity contribution in [3.8, 4) is 0 Å². The van der Waals surface area contributed by atoms with E-state index in [0.29, 0.717) is 18.5 Å². The van der Waals surface area contributed by atoms with Crippen LogP contribution in [-0.4, -0.2) is 34.2 Å². The second-order valence-corrected chi connectivity index (χ2v) is 4.14. The fourth-order valence-electron chi connectivity index (χ4n) is 1.40. The molecule has 1 aromatic heterocycles. The first kappa shape index (κ1) is 10.9. The Kier molecular flexibility index (Phi) is 3.23. The molecule has 1 fully saturated rings. The Morgan fingerprint density at radius 3 is 2.40 bits per heavy atom. The van der Waals surface area contributed by atoms with Crippen molar-refractivity contribution in [1.82, 2.24) is 15.0 Å². The minimum absolute atomic E-state index is 0.0871. The number of ether oxygens (including phenoxy) is 1. The Morgan fingerprint density at radius 2 is 1.87 bits per heavy atom. The molecule has 0 spiro atoms. The predicted molar refractivity (Wildman–Crippen MR) is 57.2 cm³/mol. The van der Waals surface area contributed by atoms with Crippen LogP contribution in [0.2, 0.25) is 10.6 Å². The van der Waals surface area contributed by atoms with Crippen LogP contribution in [0.15, 0.2) is 0 Å². The van der Waals surface area contributed by atoms with Gasteiger partial charge in [0.2, 0.25) is 16.5 Å². The summed E-state index contributed by atoms with van der Waals surface area (Å²) in [6, 6.07) is 0.194. The SMILES string of the molecule is CC1COCC1Nc1nc(Cl)nc(Cl)n1. The zero-order valence-electron chi connectivity index (χ0n) is 8.07. The molecule has 2 heterocycles. The fraction of sp³-hybridized carbons (Fsp3) is 0.625. The molecule has 0 saturated carbocycles. The summed E-state index contributed by atoms with van der Waals surface area (Å²) in [6.07, 6.45) is 0. The summed E-state index contributed by atoms with van der Waals surface area (Å²) in [7, 11) is 0. The van der Waals surface area contributed by atoms with Crippen LogP contribution in [-0.2, 0) is 4.74 Å². The molecule has 2 rings (SSSR count). The molecule has 7 heteroatoms. The largest absolute Gasteiger partial charge is 0.379 e. The molecule has 0 radical (unpaired) electrons. The minimum Gasteiger partial charge on any atom is -0.379 e. The lowest BCUT2D eigenvalue weighted by atomic mass is 10.1. The van der Waals surface area contributed by atoms with Crippen molar-refractivity contribution in [3.63, 3.8) is 0 Å². The van der Waals surface area contributed by atoms with Crippen LogP contribution in [0.1, 0.15) is 6.92 Å². The number of nitrogens with zero attached hydrogens (tertiary/aromatic N) is 3. The number of hydrogen-bond donors (Lipinski definition) is 1. The zero-order valence-corrected chi connectivity index (χ0v) is 9.59. The van der Waals surface area contributed by atoms with Crippen LogP contribution in [0.25, 0.3) is 0 Å². The number of halogens is 2. The average molecular weight is 249 g/mol. The fourth-order valence-corrected chi connectivity index (χ4v) is 1.77. The van der Waals surface area contributed by atoms with E-state index in [4.69, 9.17) is 27.9 Å². The normalized spacial score (nSPS) is 25.5. The van der Waals surface area contributed by atoms with E-state index in [1.54, 1.807) is 0 Å². The molecule has 1 aromatic rings. The monoisotopic (exact) mass is 248 g/mol. The Hall–Kier alpha value is -0.650. The highest BCUT2D eigenvalue weighted by molar-refractivity contribution is 6.31. The van der Waals surface area contributed by atoms with Crippen LogP contribution in [0.5, 0.6) is 0 Å². The van der Waals surface area contributed by atoms with E-state index >= 15 is 0 Å².